The molecule has 0 atom stereocenters. The first-order valence-corrected chi connectivity index (χ1v) is 8.34. The van der Waals surface area contributed by atoms with Crippen molar-refractivity contribution in [2.75, 3.05) is 0 Å². The molecule has 1 N–H and O–H groups in total. The molecule has 0 fully saturated rings. The van der Waals surface area contributed by atoms with Gasteiger partial charge >= 0.3 is 0 Å². The van der Waals surface area contributed by atoms with Crippen LogP contribution >= 0.6 is 0 Å². The monoisotopic (exact) mass is 313 g/mol. The van der Waals surface area contributed by atoms with E-state index < -0.39 is 0 Å². The van der Waals surface area contributed by atoms with Crippen LogP contribution in [0.5, 0.6) is 0 Å². The number of benzene rings is 2. The van der Waals surface area contributed by atoms with Crippen LogP contribution in [0.1, 0.15) is 22.4 Å². The third-order valence-corrected chi connectivity index (χ3v) is 4.48. The Morgan fingerprint density at radius 3 is 2.25 bits per heavy atom. The van der Waals surface area contributed by atoms with Gasteiger partial charge in [0.1, 0.15) is 0 Å². The van der Waals surface area contributed by atoms with Gasteiger partial charge in [0, 0.05) is 18.1 Å². The average molecular weight is 313 g/mol. The van der Waals surface area contributed by atoms with Crippen molar-refractivity contribution in [1.82, 2.24) is 4.98 Å². The summed E-state index contributed by atoms with van der Waals surface area (Å²) in [7, 11) is 0. The number of aromatic amines is 1. The normalized spacial score (nSPS) is 11.1. The van der Waals surface area contributed by atoms with E-state index in [0.29, 0.717) is 0 Å². The van der Waals surface area contributed by atoms with E-state index in [1.807, 2.05) is 0 Å². The molecule has 2 nitrogen and oxygen atoms in total. The van der Waals surface area contributed by atoms with Gasteiger partial charge in [-0.15, -0.1) is 0 Å². The summed E-state index contributed by atoms with van der Waals surface area (Å²) < 4.78 is 2.29. The van der Waals surface area contributed by atoms with Crippen LogP contribution in [0.15, 0.2) is 72.9 Å². The van der Waals surface area contributed by atoms with Crippen molar-refractivity contribution in [3.63, 3.8) is 0 Å². The first kappa shape index (κ1) is 14.7. The van der Waals surface area contributed by atoms with Gasteiger partial charge in [-0.1, -0.05) is 60.2 Å². The predicted molar refractivity (Wildman–Crippen MR) is 98.1 cm³/mol. The van der Waals surface area contributed by atoms with Crippen molar-refractivity contribution in [3.05, 3.63) is 95.3 Å². The fourth-order valence-electron chi connectivity index (χ4n) is 3.17. The fourth-order valence-corrected chi connectivity index (χ4v) is 3.17. The number of fused-ring (bicyclic) bond motifs is 1. The molecule has 0 aliphatic heterocycles. The maximum Gasteiger partial charge on any atom is 0.284 e. The van der Waals surface area contributed by atoms with Crippen LogP contribution < -0.4 is 4.40 Å². The lowest BCUT2D eigenvalue weighted by molar-refractivity contribution is -0.519. The third kappa shape index (κ3) is 2.71. The van der Waals surface area contributed by atoms with Crippen molar-refractivity contribution >= 4 is 5.65 Å². The number of pyridine rings is 1. The summed E-state index contributed by atoms with van der Waals surface area (Å²) in [5, 5.41) is 0. The quantitative estimate of drug-likeness (QED) is 0.532. The van der Waals surface area contributed by atoms with Crippen molar-refractivity contribution in [1.29, 1.82) is 0 Å². The number of aromatic nitrogens is 2. The van der Waals surface area contributed by atoms with Gasteiger partial charge in [0.15, 0.2) is 11.4 Å². The smallest absolute Gasteiger partial charge is 0.236 e. The molecule has 0 saturated carbocycles. The highest BCUT2D eigenvalue weighted by molar-refractivity contribution is 5.64. The van der Waals surface area contributed by atoms with Gasteiger partial charge in [0.25, 0.3) is 5.65 Å². The summed E-state index contributed by atoms with van der Waals surface area (Å²) in [6.07, 6.45) is 3.11. The van der Waals surface area contributed by atoms with Crippen LogP contribution in [0.25, 0.3) is 16.9 Å². The molecular weight excluding hydrogens is 292 g/mol. The van der Waals surface area contributed by atoms with Crippen LogP contribution in [-0.2, 0) is 6.42 Å². The van der Waals surface area contributed by atoms with E-state index in [9.17, 15) is 0 Å². The summed E-state index contributed by atoms with van der Waals surface area (Å²) in [5.74, 6) is 0. The molecular formula is C22H21N2+. The van der Waals surface area contributed by atoms with E-state index in [4.69, 9.17) is 0 Å². The summed E-state index contributed by atoms with van der Waals surface area (Å²) in [4.78, 5) is 3.61. The molecule has 2 aromatic carbocycles. The maximum atomic E-state index is 3.61. The Morgan fingerprint density at radius 1 is 0.792 bits per heavy atom. The second-order valence-corrected chi connectivity index (χ2v) is 6.44. The summed E-state index contributed by atoms with van der Waals surface area (Å²) in [6.45, 7) is 4.26. The molecule has 0 aliphatic rings. The molecule has 0 bridgehead atoms. The summed E-state index contributed by atoms with van der Waals surface area (Å²) in [5.41, 5.74) is 8.71. The molecule has 0 amide bonds. The van der Waals surface area contributed by atoms with Crippen molar-refractivity contribution in [2.45, 2.75) is 20.3 Å². The Balaban J connectivity index is 1.91. The Hall–Kier alpha value is -2.87. The van der Waals surface area contributed by atoms with Gasteiger partial charge in [0.05, 0.1) is 6.20 Å². The fraction of sp³-hybridized carbons (Fsp3) is 0.136. The maximum absolute atomic E-state index is 3.61. The highest BCUT2D eigenvalue weighted by atomic mass is 15.0. The minimum absolute atomic E-state index is 0.901. The Morgan fingerprint density at radius 2 is 1.50 bits per heavy atom. The second kappa shape index (κ2) is 5.97. The average Bonchev–Trinajstić information content (AvgIpc) is 2.94. The topological polar surface area (TPSA) is 19.9 Å². The largest absolute Gasteiger partial charge is 0.284 e. The minimum Gasteiger partial charge on any atom is -0.236 e. The van der Waals surface area contributed by atoms with Crippen molar-refractivity contribution in [3.8, 4) is 11.3 Å². The number of H-pyrrole nitrogens is 1. The lowest BCUT2D eigenvalue weighted by atomic mass is 10.0. The minimum atomic E-state index is 0.901. The predicted octanol–water partition coefficient (Wildman–Crippen LogP) is 4.63. The molecule has 0 radical (unpaired) electrons. The van der Waals surface area contributed by atoms with Crippen LogP contribution in [0.3, 0.4) is 0 Å². The van der Waals surface area contributed by atoms with Crippen LogP contribution in [0.4, 0.5) is 0 Å². The van der Waals surface area contributed by atoms with Crippen LogP contribution in [0, 0.1) is 13.8 Å². The molecule has 4 aromatic rings. The van der Waals surface area contributed by atoms with Crippen molar-refractivity contribution in [2.24, 2.45) is 0 Å². The van der Waals surface area contributed by atoms with E-state index in [2.05, 4.69) is 96.2 Å². The van der Waals surface area contributed by atoms with E-state index in [0.717, 1.165) is 12.1 Å². The first-order valence-electron chi connectivity index (χ1n) is 8.34. The molecule has 4 rings (SSSR count). The van der Waals surface area contributed by atoms with Crippen LogP contribution in [0.2, 0.25) is 0 Å². The number of aryl methyl sites for hydroxylation is 2. The summed E-state index contributed by atoms with van der Waals surface area (Å²) >= 11 is 0. The molecule has 0 saturated heterocycles. The Kier molecular flexibility index (Phi) is 3.66. The molecule has 0 spiro atoms. The highest BCUT2D eigenvalue weighted by Crippen LogP contribution is 2.24. The number of hydrogen-bond acceptors (Lipinski definition) is 0. The molecule has 0 unspecified atom stereocenters. The number of imidazole rings is 1. The Bertz CT molecular complexity index is 980. The van der Waals surface area contributed by atoms with Gasteiger partial charge in [-0.05, 0) is 31.0 Å². The van der Waals surface area contributed by atoms with E-state index in [-0.39, 0.29) is 0 Å². The number of rotatable bonds is 3. The molecule has 2 heteroatoms. The molecule has 2 heterocycles. The van der Waals surface area contributed by atoms with E-state index in [1.54, 1.807) is 0 Å². The highest BCUT2D eigenvalue weighted by Gasteiger charge is 2.21. The standard InChI is InChI=1S/C22H20N2/c1-16-8-11-19(12-9-16)22-20(14-18-6-4-3-5-7-18)24-15-17(2)10-13-21(24)23-22/h3-13,15H,14H2,1-2H3/p+1. The van der Waals surface area contributed by atoms with Crippen molar-refractivity contribution < 1.29 is 4.40 Å². The SMILES string of the molecule is Cc1ccc(-c2[nH]c3ccc(C)c[n+]3c2Cc2ccccc2)cc1. The van der Waals surface area contributed by atoms with Gasteiger partial charge in [-0.2, -0.15) is 4.40 Å². The van der Waals surface area contributed by atoms with E-state index >= 15 is 0 Å². The number of nitrogens with one attached hydrogen (secondary N) is 1. The number of hydrogen-bond donors (Lipinski definition) is 1. The molecule has 2 aromatic heterocycles. The van der Waals surface area contributed by atoms with Crippen LogP contribution in [-0.4, -0.2) is 4.98 Å². The Labute approximate surface area is 142 Å². The molecule has 24 heavy (non-hydrogen) atoms. The number of nitrogens with zero attached hydrogens (tertiary/aromatic N) is 1. The van der Waals surface area contributed by atoms with Gasteiger partial charge in [0.2, 0.25) is 0 Å². The zero-order chi connectivity index (χ0) is 16.5. The van der Waals surface area contributed by atoms with Gasteiger partial charge in [-0.3, -0.25) is 0 Å². The first-order chi connectivity index (χ1) is 11.7. The molecule has 0 aliphatic carbocycles. The lowest BCUT2D eigenvalue weighted by Crippen LogP contribution is -2.25. The zero-order valence-electron chi connectivity index (χ0n) is 14.1. The zero-order valence-corrected chi connectivity index (χ0v) is 14.1. The van der Waals surface area contributed by atoms with Gasteiger partial charge in [-0.25, -0.2) is 4.98 Å². The lowest BCUT2D eigenvalue weighted by Gasteiger charge is -2.02. The molecule has 118 valence electrons. The van der Waals surface area contributed by atoms with E-state index in [1.165, 1.54) is 33.6 Å². The second-order valence-electron chi connectivity index (χ2n) is 6.44. The summed E-state index contributed by atoms with van der Waals surface area (Å²) in [6, 6.07) is 23.7. The third-order valence-electron chi connectivity index (χ3n) is 4.48. The van der Waals surface area contributed by atoms with Gasteiger partial charge < -0.3 is 0 Å².